The first-order valence-corrected chi connectivity index (χ1v) is 11.5. The summed E-state index contributed by atoms with van der Waals surface area (Å²) in [7, 11) is 0. The van der Waals surface area contributed by atoms with Crippen LogP contribution in [0.25, 0.3) is 5.69 Å². The quantitative estimate of drug-likeness (QED) is 0.524. The molecular weight excluding hydrogens is 436 g/mol. The smallest absolute Gasteiger partial charge is 0.338 e. The molecule has 0 aliphatic carbocycles. The number of benzene rings is 2. The van der Waals surface area contributed by atoms with Gasteiger partial charge in [-0.05, 0) is 34.5 Å². The van der Waals surface area contributed by atoms with Crippen molar-refractivity contribution in [2.45, 2.75) is 18.9 Å². The van der Waals surface area contributed by atoms with E-state index in [1.54, 1.807) is 4.68 Å². The molecule has 0 saturated carbocycles. The molecule has 1 fully saturated rings. The molecule has 3 aliphatic rings. The van der Waals surface area contributed by atoms with Gasteiger partial charge in [0.25, 0.3) is 0 Å². The summed E-state index contributed by atoms with van der Waals surface area (Å²) in [6.45, 7) is 4.76. The van der Waals surface area contributed by atoms with Crippen LogP contribution in [-0.4, -0.2) is 81.2 Å². The second-order valence-corrected chi connectivity index (χ2v) is 8.82. The number of nitrogens with zero attached hydrogens (tertiary/aromatic N) is 6. The molecule has 0 N–H and O–H groups in total. The van der Waals surface area contributed by atoms with Crippen molar-refractivity contribution < 1.29 is 19.1 Å². The zero-order valence-electron chi connectivity index (χ0n) is 18.6. The molecule has 3 aromatic rings. The number of rotatable bonds is 5. The molecule has 1 unspecified atom stereocenters. The zero-order chi connectivity index (χ0) is 23.1. The number of piperazine rings is 1. The molecule has 6 rings (SSSR count). The van der Waals surface area contributed by atoms with Gasteiger partial charge < -0.3 is 14.4 Å². The van der Waals surface area contributed by atoms with Gasteiger partial charge in [0.1, 0.15) is 31.2 Å². The molecule has 10 heteroatoms. The van der Waals surface area contributed by atoms with Crippen molar-refractivity contribution in [3.8, 4) is 11.4 Å². The second-order valence-electron chi connectivity index (χ2n) is 8.82. The number of ether oxygens (including phenoxy) is 2. The maximum Gasteiger partial charge on any atom is 0.338 e. The Kier molecular flexibility index (Phi) is 5.21. The molecule has 174 valence electrons. The molecule has 1 aromatic heterocycles. The SMILES string of the molecule is O=C1OCc2cc(CCN3CCN(C(=O)C4COc5cc(-n6cnnn6)ccc54)CC3)ccc21. The lowest BCUT2D eigenvalue weighted by atomic mass is 9.99. The van der Waals surface area contributed by atoms with E-state index in [2.05, 4.69) is 26.5 Å². The molecule has 34 heavy (non-hydrogen) atoms. The van der Waals surface area contributed by atoms with Gasteiger partial charge in [-0.1, -0.05) is 18.2 Å². The normalized spacial score (nSPS) is 19.5. The Labute approximate surface area is 196 Å². The van der Waals surface area contributed by atoms with Gasteiger partial charge in [-0.3, -0.25) is 9.69 Å². The highest BCUT2D eigenvalue weighted by atomic mass is 16.5. The number of carbonyl (C=O) groups is 2. The highest BCUT2D eigenvalue weighted by molar-refractivity contribution is 5.93. The third-order valence-electron chi connectivity index (χ3n) is 6.84. The first-order chi connectivity index (χ1) is 16.7. The highest BCUT2D eigenvalue weighted by Crippen LogP contribution is 2.36. The number of amides is 1. The second kappa shape index (κ2) is 8.53. The first kappa shape index (κ1) is 20.8. The fourth-order valence-electron chi connectivity index (χ4n) is 4.87. The molecule has 1 amide bonds. The van der Waals surface area contributed by atoms with Gasteiger partial charge in [0.05, 0.1) is 11.3 Å². The van der Waals surface area contributed by atoms with Crippen LogP contribution in [-0.2, 0) is 22.6 Å². The van der Waals surface area contributed by atoms with E-state index in [0.717, 1.165) is 42.9 Å². The maximum absolute atomic E-state index is 13.2. The molecule has 0 bridgehead atoms. The van der Waals surface area contributed by atoms with Crippen LogP contribution < -0.4 is 4.74 Å². The summed E-state index contributed by atoms with van der Waals surface area (Å²) >= 11 is 0. The highest BCUT2D eigenvalue weighted by Gasteiger charge is 2.35. The van der Waals surface area contributed by atoms with Gasteiger partial charge >= 0.3 is 5.97 Å². The van der Waals surface area contributed by atoms with Crippen molar-refractivity contribution in [1.29, 1.82) is 0 Å². The standard InChI is InChI=1S/C24H24N6O4/c31-23(21-14-33-22-12-18(2-4-20(21)22)30-15-25-26-27-30)29-9-7-28(8-10-29)6-5-16-1-3-19-17(11-16)13-34-24(19)32/h1-4,11-12,15,21H,5-10,13-14H2. The van der Waals surface area contributed by atoms with Gasteiger partial charge in [0.2, 0.25) is 5.91 Å². The Bertz CT molecular complexity index is 1240. The van der Waals surface area contributed by atoms with Crippen molar-refractivity contribution in [3.63, 3.8) is 0 Å². The van der Waals surface area contributed by atoms with E-state index in [9.17, 15) is 9.59 Å². The Morgan fingerprint density at radius 2 is 1.94 bits per heavy atom. The molecule has 10 nitrogen and oxygen atoms in total. The predicted molar refractivity (Wildman–Crippen MR) is 120 cm³/mol. The lowest BCUT2D eigenvalue weighted by Gasteiger charge is -2.35. The zero-order valence-corrected chi connectivity index (χ0v) is 18.6. The fraction of sp³-hybridized carbons (Fsp3) is 0.375. The fourth-order valence-corrected chi connectivity index (χ4v) is 4.87. The molecule has 1 atom stereocenters. The Balaban J connectivity index is 1.03. The van der Waals surface area contributed by atoms with Crippen molar-refractivity contribution in [3.05, 3.63) is 65.0 Å². The van der Waals surface area contributed by atoms with Crippen LogP contribution >= 0.6 is 0 Å². The van der Waals surface area contributed by atoms with Gasteiger partial charge in [-0.25, -0.2) is 9.48 Å². The average molecular weight is 460 g/mol. The van der Waals surface area contributed by atoms with Crippen molar-refractivity contribution in [1.82, 2.24) is 30.0 Å². The van der Waals surface area contributed by atoms with E-state index in [1.807, 2.05) is 35.2 Å². The number of cyclic esters (lactones) is 1. The van der Waals surface area contributed by atoms with Gasteiger partial charge in [-0.2, -0.15) is 0 Å². The van der Waals surface area contributed by atoms with Gasteiger partial charge in [-0.15, -0.1) is 5.10 Å². The monoisotopic (exact) mass is 460 g/mol. The van der Waals surface area contributed by atoms with Crippen LogP contribution in [0.2, 0.25) is 0 Å². The lowest BCUT2D eigenvalue weighted by Crippen LogP contribution is -2.50. The molecule has 0 spiro atoms. The van der Waals surface area contributed by atoms with E-state index in [0.29, 0.717) is 37.6 Å². The summed E-state index contributed by atoms with van der Waals surface area (Å²) in [6.07, 6.45) is 2.43. The molecule has 4 heterocycles. The third kappa shape index (κ3) is 3.79. The maximum atomic E-state index is 13.2. The van der Waals surface area contributed by atoms with E-state index in [1.165, 1.54) is 11.9 Å². The van der Waals surface area contributed by atoms with Crippen LogP contribution in [0, 0.1) is 0 Å². The molecule has 3 aliphatic heterocycles. The number of carbonyl (C=O) groups excluding carboxylic acids is 2. The summed E-state index contributed by atoms with van der Waals surface area (Å²) in [5.41, 5.74) is 4.58. The number of tetrazole rings is 1. The lowest BCUT2D eigenvalue weighted by molar-refractivity contribution is -0.134. The summed E-state index contributed by atoms with van der Waals surface area (Å²) in [6, 6.07) is 11.7. The topological polar surface area (TPSA) is 103 Å². The molecule has 0 radical (unpaired) electrons. The summed E-state index contributed by atoms with van der Waals surface area (Å²) < 4.78 is 12.5. The van der Waals surface area contributed by atoms with Crippen LogP contribution in [0.3, 0.4) is 0 Å². The van der Waals surface area contributed by atoms with Crippen LogP contribution in [0.1, 0.15) is 33.0 Å². The third-order valence-corrected chi connectivity index (χ3v) is 6.84. The Hall–Kier alpha value is -3.79. The van der Waals surface area contributed by atoms with E-state index in [-0.39, 0.29) is 17.8 Å². The van der Waals surface area contributed by atoms with Crippen molar-refractivity contribution in [2.75, 3.05) is 39.3 Å². The van der Waals surface area contributed by atoms with E-state index in [4.69, 9.17) is 9.47 Å². The predicted octanol–water partition coefficient (Wildman–Crippen LogP) is 1.20. The number of fused-ring (bicyclic) bond motifs is 2. The average Bonchev–Trinajstić information content (AvgIpc) is 3.63. The summed E-state index contributed by atoms with van der Waals surface area (Å²) in [4.78, 5) is 29.2. The number of hydrogen-bond donors (Lipinski definition) is 0. The van der Waals surface area contributed by atoms with Crippen molar-refractivity contribution >= 4 is 11.9 Å². The Morgan fingerprint density at radius 1 is 1.06 bits per heavy atom. The molecule has 2 aromatic carbocycles. The van der Waals surface area contributed by atoms with Crippen LogP contribution in [0.5, 0.6) is 5.75 Å². The van der Waals surface area contributed by atoms with Gasteiger partial charge in [0.15, 0.2) is 0 Å². The summed E-state index contributed by atoms with van der Waals surface area (Å²) in [5, 5.41) is 11.2. The van der Waals surface area contributed by atoms with Crippen LogP contribution in [0.15, 0.2) is 42.7 Å². The minimum atomic E-state index is -0.277. The minimum Gasteiger partial charge on any atom is -0.492 e. The largest absolute Gasteiger partial charge is 0.492 e. The summed E-state index contributed by atoms with van der Waals surface area (Å²) in [5.74, 6) is 0.328. The molecule has 1 saturated heterocycles. The van der Waals surface area contributed by atoms with E-state index < -0.39 is 0 Å². The molecular formula is C24H24N6O4. The first-order valence-electron chi connectivity index (χ1n) is 11.5. The van der Waals surface area contributed by atoms with Crippen molar-refractivity contribution in [2.24, 2.45) is 0 Å². The number of hydrogen-bond acceptors (Lipinski definition) is 8. The number of aromatic nitrogens is 4. The number of esters is 1. The minimum absolute atomic E-state index is 0.122. The van der Waals surface area contributed by atoms with E-state index >= 15 is 0 Å². The van der Waals surface area contributed by atoms with Crippen LogP contribution in [0.4, 0.5) is 0 Å². The van der Waals surface area contributed by atoms with Gasteiger partial charge in [0, 0.05) is 49.9 Å². The Morgan fingerprint density at radius 3 is 2.76 bits per heavy atom.